The van der Waals surface area contributed by atoms with Gasteiger partial charge in [-0.15, -0.1) is 0 Å². The summed E-state index contributed by atoms with van der Waals surface area (Å²) in [4.78, 5) is 29.3. The normalized spacial score (nSPS) is 16.3. The molecule has 0 saturated carbocycles. The Morgan fingerprint density at radius 1 is 1.16 bits per heavy atom. The summed E-state index contributed by atoms with van der Waals surface area (Å²) in [6.45, 7) is 11.6. The average Bonchev–Trinajstić information content (AvgIpc) is 3.19. The number of aromatic nitrogens is 4. The lowest BCUT2D eigenvalue weighted by molar-refractivity contribution is -0.110. The Bertz CT molecular complexity index is 1370. The number of likely N-dealkylation sites (N-methyl/N-ethyl adjacent to an activating group) is 1. The minimum absolute atomic E-state index is 0.0521. The Hall–Kier alpha value is -3.70. The second-order valence-electron chi connectivity index (χ2n) is 10.8. The highest BCUT2D eigenvalue weighted by Crippen LogP contribution is 2.29. The number of carbonyl (C=O) groups is 1. The Labute approximate surface area is 215 Å². The molecule has 0 bridgehead atoms. The van der Waals surface area contributed by atoms with E-state index in [4.69, 9.17) is 4.74 Å². The summed E-state index contributed by atoms with van der Waals surface area (Å²) >= 11 is 0. The van der Waals surface area contributed by atoms with Crippen LogP contribution in [0.25, 0.3) is 11.3 Å². The summed E-state index contributed by atoms with van der Waals surface area (Å²) in [5.74, 6) is 0.619. The number of hydrogen-bond acceptors (Lipinski definition) is 7. The van der Waals surface area contributed by atoms with E-state index in [1.54, 1.807) is 11.0 Å². The van der Waals surface area contributed by atoms with Crippen molar-refractivity contribution in [1.82, 2.24) is 29.8 Å². The first-order chi connectivity index (χ1) is 17.6. The van der Waals surface area contributed by atoms with Gasteiger partial charge in [-0.2, -0.15) is 10.2 Å². The number of carbonyl (C=O) groups excluding carboxylic acids is 1. The Morgan fingerprint density at radius 2 is 1.95 bits per heavy atom. The molecule has 2 amide bonds. The van der Waals surface area contributed by atoms with Crippen LogP contribution < -0.4 is 16.2 Å². The number of rotatable bonds is 5. The van der Waals surface area contributed by atoms with Crippen LogP contribution in [0, 0.1) is 6.92 Å². The molecule has 4 heterocycles. The summed E-state index contributed by atoms with van der Waals surface area (Å²) in [7, 11) is 2.07. The molecule has 1 saturated heterocycles. The van der Waals surface area contributed by atoms with Crippen LogP contribution in [-0.2, 0) is 17.8 Å². The van der Waals surface area contributed by atoms with Crippen molar-refractivity contribution in [3.63, 3.8) is 0 Å². The zero-order chi connectivity index (χ0) is 26.3. The van der Waals surface area contributed by atoms with Gasteiger partial charge in [0, 0.05) is 30.4 Å². The molecule has 5 rings (SSSR count). The van der Waals surface area contributed by atoms with Gasteiger partial charge in [-0.1, -0.05) is 12.1 Å². The third-order valence-electron chi connectivity index (χ3n) is 6.56. The lowest BCUT2D eigenvalue weighted by Gasteiger charge is -2.41. The number of likely N-dealkylation sites (tertiary alicyclic amines) is 1. The van der Waals surface area contributed by atoms with E-state index in [2.05, 4.69) is 37.9 Å². The molecule has 1 fully saturated rings. The van der Waals surface area contributed by atoms with Gasteiger partial charge in [0.1, 0.15) is 5.69 Å². The number of ether oxygens (including phenoxy) is 1. The average molecular weight is 507 g/mol. The van der Waals surface area contributed by atoms with Crippen LogP contribution in [0.3, 0.4) is 0 Å². The van der Waals surface area contributed by atoms with E-state index in [9.17, 15) is 9.59 Å². The maximum Gasteiger partial charge on any atom is 0.322 e. The van der Waals surface area contributed by atoms with Crippen molar-refractivity contribution in [2.45, 2.75) is 52.5 Å². The van der Waals surface area contributed by atoms with Gasteiger partial charge >= 0.3 is 6.03 Å². The predicted octanol–water partition coefficient (Wildman–Crippen LogP) is 3.16. The van der Waals surface area contributed by atoms with Crippen LogP contribution in [0.1, 0.15) is 32.0 Å². The van der Waals surface area contributed by atoms with Gasteiger partial charge in [0.25, 0.3) is 5.56 Å². The van der Waals surface area contributed by atoms with Crippen molar-refractivity contribution >= 4 is 23.2 Å². The zero-order valence-corrected chi connectivity index (χ0v) is 22.0. The molecular formula is C26H34N8O3. The number of amides is 2. The topological polar surface area (TPSA) is 120 Å². The fourth-order valence-corrected chi connectivity index (χ4v) is 4.65. The molecule has 0 atom stereocenters. The first-order valence-corrected chi connectivity index (χ1v) is 12.5. The molecule has 2 aromatic heterocycles. The molecule has 3 aromatic rings. The summed E-state index contributed by atoms with van der Waals surface area (Å²) in [6.07, 6.45) is 0.0521. The molecule has 2 aliphatic rings. The molecule has 0 aliphatic carbocycles. The van der Waals surface area contributed by atoms with E-state index in [-0.39, 0.29) is 23.3 Å². The van der Waals surface area contributed by atoms with Crippen molar-refractivity contribution in [2.75, 3.05) is 37.3 Å². The van der Waals surface area contributed by atoms with Crippen LogP contribution in [0.5, 0.6) is 0 Å². The second kappa shape index (κ2) is 9.64. The summed E-state index contributed by atoms with van der Waals surface area (Å²) in [5, 5.41) is 17.6. The van der Waals surface area contributed by atoms with Gasteiger partial charge in [-0.25, -0.2) is 9.89 Å². The van der Waals surface area contributed by atoms with Crippen molar-refractivity contribution in [1.29, 1.82) is 0 Å². The third-order valence-corrected chi connectivity index (χ3v) is 6.56. The molecular weight excluding hydrogens is 472 g/mol. The summed E-state index contributed by atoms with van der Waals surface area (Å²) in [6, 6.07) is 9.14. The molecule has 196 valence electrons. The first-order valence-electron chi connectivity index (χ1n) is 12.5. The molecule has 0 spiro atoms. The SMILES string of the molecule is Cc1c(NC(=O)N2CC(OC(C)(C)C)C2)cccc1-c1cc(Nc2cc3n(n2)CCN(C)C3)c(=O)[nH]n1. The number of benzene rings is 1. The number of urea groups is 1. The van der Waals surface area contributed by atoms with E-state index >= 15 is 0 Å². The van der Waals surface area contributed by atoms with Crippen LogP contribution in [-0.4, -0.2) is 74.2 Å². The highest BCUT2D eigenvalue weighted by molar-refractivity contribution is 5.92. The quantitative estimate of drug-likeness (QED) is 0.486. The van der Waals surface area contributed by atoms with Gasteiger partial charge in [0.05, 0.1) is 42.7 Å². The molecule has 11 nitrogen and oxygen atoms in total. The van der Waals surface area contributed by atoms with Gasteiger partial charge in [-0.05, 0) is 52.4 Å². The molecule has 2 aliphatic heterocycles. The van der Waals surface area contributed by atoms with Crippen molar-refractivity contribution in [3.05, 3.63) is 51.9 Å². The van der Waals surface area contributed by atoms with Crippen LogP contribution in [0.2, 0.25) is 0 Å². The molecule has 0 radical (unpaired) electrons. The number of fused-ring (bicyclic) bond motifs is 1. The monoisotopic (exact) mass is 506 g/mol. The number of anilines is 3. The fourth-order valence-electron chi connectivity index (χ4n) is 4.65. The van der Waals surface area contributed by atoms with Crippen molar-refractivity contribution in [3.8, 4) is 11.3 Å². The molecule has 37 heavy (non-hydrogen) atoms. The standard InChI is InChI=1S/C26H34N8O3/c1-16-19(7-6-8-20(16)28-25(36)33-14-18(15-33)37-26(2,3)4)21-12-22(24(35)30-29-21)27-23-11-17-13-32(5)9-10-34(17)31-23/h6-8,11-12,18H,9-10,13-15H2,1-5H3,(H,28,36)(H,30,35)(H,27,29,31). The maximum atomic E-state index is 12.8. The number of H-pyrrole nitrogens is 1. The summed E-state index contributed by atoms with van der Waals surface area (Å²) in [5.41, 5.74) is 3.82. The summed E-state index contributed by atoms with van der Waals surface area (Å²) < 4.78 is 7.89. The van der Waals surface area contributed by atoms with E-state index in [1.807, 2.05) is 56.6 Å². The van der Waals surface area contributed by atoms with Gasteiger partial charge in [-0.3, -0.25) is 14.4 Å². The van der Waals surface area contributed by atoms with Gasteiger partial charge in [0.2, 0.25) is 0 Å². The third kappa shape index (κ3) is 5.52. The maximum absolute atomic E-state index is 12.8. The largest absolute Gasteiger partial charge is 0.369 e. The smallest absolute Gasteiger partial charge is 0.322 e. The number of nitrogens with zero attached hydrogens (tertiary/aromatic N) is 5. The van der Waals surface area contributed by atoms with Gasteiger partial charge < -0.3 is 20.3 Å². The second-order valence-corrected chi connectivity index (χ2v) is 10.8. The molecule has 1 aromatic carbocycles. The van der Waals surface area contributed by atoms with Crippen LogP contribution >= 0.6 is 0 Å². The van der Waals surface area contributed by atoms with E-state index in [0.29, 0.717) is 36.0 Å². The van der Waals surface area contributed by atoms with Crippen molar-refractivity contribution in [2.24, 2.45) is 0 Å². The highest BCUT2D eigenvalue weighted by atomic mass is 16.5. The van der Waals surface area contributed by atoms with Crippen LogP contribution in [0.4, 0.5) is 22.0 Å². The molecule has 0 unspecified atom stereocenters. The molecule has 11 heteroatoms. The fraction of sp³-hybridized carbons (Fsp3) is 0.462. The number of hydrogen-bond donors (Lipinski definition) is 3. The Balaban J connectivity index is 1.30. The lowest BCUT2D eigenvalue weighted by atomic mass is 10.0. The lowest BCUT2D eigenvalue weighted by Crippen LogP contribution is -2.57. The van der Waals surface area contributed by atoms with Gasteiger partial charge in [0.15, 0.2) is 5.82 Å². The van der Waals surface area contributed by atoms with Crippen molar-refractivity contribution < 1.29 is 9.53 Å². The Morgan fingerprint density at radius 3 is 2.70 bits per heavy atom. The van der Waals surface area contributed by atoms with E-state index < -0.39 is 0 Å². The molecule has 3 N–H and O–H groups in total. The predicted molar refractivity (Wildman–Crippen MR) is 142 cm³/mol. The minimum atomic E-state index is -0.334. The van der Waals surface area contributed by atoms with Crippen LogP contribution in [0.15, 0.2) is 35.1 Å². The van der Waals surface area contributed by atoms with E-state index in [0.717, 1.165) is 36.5 Å². The first kappa shape index (κ1) is 25.0. The Kier molecular flexibility index (Phi) is 6.50. The number of nitrogens with one attached hydrogen (secondary N) is 3. The van der Waals surface area contributed by atoms with E-state index in [1.165, 1.54) is 0 Å². The zero-order valence-electron chi connectivity index (χ0n) is 22.0. The minimum Gasteiger partial charge on any atom is -0.369 e. The highest BCUT2D eigenvalue weighted by Gasteiger charge is 2.34. The number of aromatic amines is 1.